The molecule has 0 aromatic carbocycles. The van der Waals surface area contributed by atoms with E-state index in [4.69, 9.17) is 0 Å². The standard InChI is InChI=1S/C15H24N4O3/c1-9(2)12(18-14(21)22-4)13(20)19-15(5-6-15)7-11-16-8-10(3)17-11/h8-9,12H,5-7H2,1-4H3,(H,16,17)(H,18,21)(H,19,20)/t12-/m0/s1. The number of amides is 2. The zero-order chi connectivity index (χ0) is 16.3. The molecule has 1 aliphatic carbocycles. The Balaban J connectivity index is 1.98. The topological polar surface area (TPSA) is 96.1 Å². The molecular weight excluding hydrogens is 284 g/mol. The molecule has 0 spiro atoms. The van der Waals surface area contributed by atoms with Crippen molar-refractivity contribution in [3.8, 4) is 0 Å². The Morgan fingerprint density at radius 3 is 2.59 bits per heavy atom. The summed E-state index contributed by atoms with van der Waals surface area (Å²) in [5, 5.41) is 5.65. The molecule has 2 rings (SSSR count). The van der Waals surface area contributed by atoms with Gasteiger partial charge in [0.1, 0.15) is 11.9 Å². The highest BCUT2D eigenvalue weighted by molar-refractivity contribution is 5.86. The fraction of sp³-hybridized carbons (Fsp3) is 0.667. The number of ether oxygens (including phenoxy) is 1. The molecule has 1 atom stereocenters. The molecule has 122 valence electrons. The number of carbonyl (C=O) groups is 2. The zero-order valence-electron chi connectivity index (χ0n) is 13.5. The number of hydrogen-bond acceptors (Lipinski definition) is 4. The number of H-pyrrole nitrogens is 1. The summed E-state index contributed by atoms with van der Waals surface area (Å²) in [4.78, 5) is 31.3. The number of aryl methyl sites for hydroxylation is 1. The highest BCUT2D eigenvalue weighted by Crippen LogP contribution is 2.38. The average molecular weight is 308 g/mol. The number of alkyl carbamates (subject to hydrolysis) is 1. The highest BCUT2D eigenvalue weighted by atomic mass is 16.5. The third kappa shape index (κ3) is 3.99. The van der Waals surface area contributed by atoms with Crippen LogP contribution in [0, 0.1) is 12.8 Å². The second kappa shape index (κ2) is 6.37. The number of rotatable bonds is 6. The van der Waals surface area contributed by atoms with E-state index in [0.29, 0.717) is 6.42 Å². The summed E-state index contributed by atoms with van der Waals surface area (Å²) in [7, 11) is 1.28. The minimum absolute atomic E-state index is 0.0271. The SMILES string of the molecule is COC(=O)N[C@H](C(=O)NC1(Cc2ncc(C)[nH]2)CC1)C(C)C. The molecule has 0 unspecified atom stereocenters. The maximum absolute atomic E-state index is 12.5. The smallest absolute Gasteiger partial charge is 0.407 e. The molecule has 0 radical (unpaired) electrons. The molecule has 1 saturated carbocycles. The molecule has 1 aromatic heterocycles. The van der Waals surface area contributed by atoms with E-state index >= 15 is 0 Å². The van der Waals surface area contributed by atoms with Crippen LogP contribution in [0.2, 0.25) is 0 Å². The largest absolute Gasteiger partial charge is 0.453 e. The molecule has 0 bridgehead atoms. The van der Waals surface area contributed by atoms with Crippen LogP contribution >= 0.6 is 0 Å². The predicted octanol–water partition coefficient (Wildman–Crippen LogP) is 1.29. The minimum atomic E-state index is -0.608. The van der Waals surface area contributed by atoms with E-state index in [1.54, 1.807) is 6.20 Å². The van der Waals surface area contributed by atoms with Gasteiger partial charge < -0.3 is 20.4 Å². The van der Waals surface area contributed by atoms with Crippen molar-refractivity contribution in [1.82, 2.24) is 20.6 Å². The molecule has 2 amide bonds. The van der Waals surface area contributed by atoms with E-state index in [-0.39, 0.29) is 17.4 Å². The van der Waals surface area contributed by atoms with E-state index in [1.165, 1.54) is 7.11 Å². The van der Waals surface area contributed by atoms with Gasteiger partial charge in [-0.15, -0.1) is 0 Å². The lowest BCUT2D eigenvalue weighted by atomic mass is 10.0. The quantitative estimate of drug-likeness (QED) is 0.738. The van der Waals surface area contributed by atoms with Gasteiger partial charge in [0.25, 0.3) is 0 Å². The van der Waals surface area contributed by atoms with Crippen LogP contribution in [0.1, 0.15) is 38.2 Å². The van der Waals surface area contributed by atoms with Crippen LogP contribution in [0.25, 0.3) is 0 Å². The van der Waals surface area contributed by atoms with Gasteiger partial charge in [-0.3, -0.25) is 4.79 Å². The first kappa shape index (κ1) is 16.3. The van der Waals surface area contributed by atoms with Crippen LogP contribution in [-0.4, -0.2) is 40.7 Å². The summed E-state index contributed by atoms with van der Waals surface area (Å²) in [5.41, 5.74) is 0.760. The monoisotopic (exact) mass is 308 g/mol. The summed E-state index contributed by atoms with van der Waals surface area (Å²) in [6.07, 6.45) is 3.70. The summed E-state index contributed by atoms with van der Waals surface area (Å²) in [6.45, 7) is 5.72. The maximum Gasteiger partial charge on any atom is 0.407 e. The van der Waals surface area contributed by atoms with Gasteiger partial charge in [-0.25, -0.2) is 9.78 Å². The molecule has 0 saturated heterocycles. The molecule has 7 heteroatoms. The molecule has 1 heterocycles. The van der Waals surface area contributed by atoms with Crippen molar-refractivity contribution in [1.29, 1.82) is 0 Å². The van der Waals surface area contributed by atoms with Crippen LogP contribution in [0.15, 0.2) is 6.20 Å². The summed E-state index contributed by atoms with van der Waals surface area (Å²) in [5.74, 6) is 0.666. The molecule has 22 heavy (non-hydrogen) atoms. The number of hydrogen-bond donors (Lipinski definition) is 3. The van der Waals surface area contributed by atoms with E-state index in [2.05, 4.69) is 25.3 Å². The van der Waals surface area contributed by atoms with Crippen LogP contribution in [0.5, 0.6) is 0 Å². The van der Waals surface area contributed by atoms with Gasteiger partial charge in [-0.05, 0) is 25.7 Å². The lowest BCUT2D eigenvalue weighted by Gasteiger charge is -2.24. The third-order valence-corrected chi connectivity index (χ3v) is 3.91. The van der Waals surface area contributed by atoms with Gasteiger partial charge in [-0.1, -0.05) is 13.8 Å². The van der Waals surface area contributed by atoms with Crippen molar-refractivity contribution >= 4 is 12.0 Å². The van der Waals surface area contributed by atoms with Crippen molar-refractivity contribution in [2.24, 2.45) is 5.92 Å². The normalized spacial score (nSPS) is 17.0. The first-order valence-corrected chi connectivity index (χ1v) is 7.52. The first-order chi connectivity index (χ1) is 10.3. The molecular formula is C15H24N4O3. The highest BCUT2D eigenvalue weighted by Gasteiger charge is 2.46. The fourth-order valence-electron chi connectivity index (χ4n) is 2.43. The zero-order valence-corrected chi connectivity index (χ0v) is 13.5. The molecule has 1 aliphatic rings. The summed E-state index contributed by atoms with van der Waals surface area (Å²) < 4.78 is 4.58. The lowest BCUT2D eigenvalue weighted by molar-refractivity contribution is -0.125. The van der Waals surface area contributed by atoms with E-state index in [9.17, 15) is 9.59 Å². The van der Waals surface area contributed by atoms with Crippen LogP contribution < -0.4 is 10.6 Å². The van der Waals surface area contributed by atoms with Gasteiger partial charge in [0.2, 0.25) is 5.91 Å². The van der Waals surface area contributed by atoms with Gasteiger partial charge in [-0.2, -0.15) is 0 Å². The first-order valence-electron chi connectivity index (χ1n) is 7.52. The van der Waals surface area contributed by atoms with Gasteiger partial charge in [0.05, 0.1) is 7.11 Å². The average Bonchev–Trinajstić information content (AvgIpc) is 3.07. The second-order valence-corrected chi connectivity index (χ2v) is 6.32. The summed E-state index contributed by atoms with van der Waals surface area (Å²) >= 11 is 0. The Bertz CT molecular complexity index is 549. The Morgan fingerprint density at radius 2 is 2.14 bits per heavy atom. The number of imidazole rings is 1. The van der Waals surface area contributed by atoms with Crippen molar-refractivity contribution in [2.45, 2.75) is 51.6 Å². The number of nitrogens with one attached hydrogen (secondary N) is 3. The predicted molar refractivity (Wildman–Crippen MR) is 81.3 cm³/mol. The maximum atomic E-state index is 12.5. The molecule has 0 aliphatic heterocycles. The van der Waals surface area contributed by atoms with Crippen molar-refractivity contribution in [3.63, 3.8) is 0 Å². The number of nitrogens with zero attached hydrogens (tertiary/aromatic N) is 1. The van der Waals surface area contributed by atoms with Gasteiger partial charge >= 0.3 is 6.09 Å². The number of aromatic amines is 1. The Hall–Kier alpha value is -2.05. The Morgan fingerprint density at radius 1 is 1.45 bits per heavy atom. The van der Waals surface area contributed by atoms with Crippen LogP contribution in [-0.2, 0) is 16.0 Å². The van der Waals surface area contributed by atoms with Crippen LogP contribution in [0.4, 0.5) is 4.79 Å². The van der Waals surface area contributed by atoms with Crippen molar-refractivity contribution in [3.05, 3.63) is 17.7 Å². The van der Waals surface area contributed by atoms with Crippen molar-refractivity contribution in [2.75, 3.05) is 7.11 Å². The second-order valence-electron chi connectivity index (χ2n) is 6.32. The van der Waals surface area contributed by atoms with Crippen molar-refractivity contribution < 1.29 is 14.3 Å². The lowest BCUT2D eigenvalue weighted by Crippen LogP contribution is -2.53. The number of carbonyl (C=O) groups excluding carboxylic acids is 2. The minimum Gasteiger partial charge on any atom is -0.453 e. The Kier molecular flexibility index (Phi) is 4.73. The third-order valence-electron chi connectivity index (χ3n) is 3.91. The fourth-order valence-corrected chi connectivity index (χ4v) is 2.43. The van der Waals surface area contributed by atoms with E-state index in [1.807, 2.05) is 20.8 Å². The van der Waals surface area contributed by atoms with E-state index < -0.39 is 12.1 Å². The van der Waals surface area contributed by atoms with Gasteiger partial charge in [0, 0.05) is 23.9 Å². The number of aromatic nitrogens is 2. The molecule has 3 N–H and O–H groups in total. The van der Waals surface area contributed by atoms with E-state index in [0.717, 1.165) is 24.4 Å². The molecule has 7 nitrogen and oxygen atoms in total. The summed E-state index contributed by atoms with van der Waals surface area (Å²) in [6, 6.07) is -0.608. The molecule has 1 aromatic rings. The molecule has 1 fully saturated rings. The van der Waals surface area contributed by atoms with Gasteiger partial charge in [0.15, 0.2) is 0 Å². The number of methoxy groups -OCH3 is 1. The van der Waals surface area contributed by atoms with Crippen LogP contribution in [0.3, 0.4) is 0 Å². The Labute approximate surface area is 130 Å².